The molecule has 8 heteroatoms. The first-order chi connectivity index (χ1) is 13.0. The molecule has 0 atom stereocenters. The van der Waals surface area contributed by atoms with Crippen LogP contribution in [-0.2, 0) is 6.54 Å². The van der Waals surface area contributed by atoms with Gasteiger partial charge in [-0.2, -0.15) is 5.10 Å². The van der Waals surface area contributed by atoms with Crippen molar-refractivity contribution in [3.05, 3.63) is 71.8 Å². The maximum atomic E-state index is 13.0. The summed E-state index contributed by atoms with van der Waals surface area (Å²) < 4.78 is 15.6. The Morgan fingerprint density at radius 3 is 2.81 bits per heavy atom. The molecule has 2 aromatic carbocycles. The second kappa shape index (κ2) is 6.81. The van der Waals surface area contributed by atoms with E-state index in [1.54, 1.807) is 47.1 Å². The van der Waals surface area contributed by atoms with Gasteiger partial charge in [-0.05, 0) is 42.5 Å². The largest absolute Gasteiger partial charge is 0.375 e. The minimum absolute atomic E-state index is 0.113. The van der Waals surface area contributed by atoms with Gasteiger partial charge in [0.25, 0.3) is 5.91 Å². The van der Waals surface area contributed by atoms with Crippen molar-refractivity contribution in [3.63, 3.8) is 0 Å². The molecule has 0 aliphatic rings. The number of fused-ring (bicyclic) bond motifs is 1. The zero-order valence-electron chi connectivity index (χ0n) is 14.5. The summed E-state index contributed by atoms with van der Waals surface area (Å²) in [5.41, 5.74) is 8.62. The predicted octanol–water partition coefficient (Wildman–Crippen LogP) is 3.48. The maximum absolute atomic E-state index is 13.0. The minimum Gasteiger partial charge on any atom is -0.375 e. The number of hydrogen-bond donors (Lipinski definition) is 1. The van der Waals surface area contributed by atoms with E-state index in [-0.39, 0.29) is 11.7 Å². The van der Waals surface area contributed by atoms with Crippen molar-refractivity contribution in [1.29, 1.82) is 0 Å². The zero-order chi connectivity index (χ0) is 19.0. The number of anilines is 1. The Hall–Kier alpha value is -3.26. The number of rotatable bonds is 4. The average Bonchev–Trinajstić information content (AvgIpc) is 3.26. The quantitative estimate of drug-likeness (QED) is 0.587. The van der Waals surface area contributed by atoms with Crippen LogP contribution in [0.15, 0.2) is 54.9 Å². The summed E-state index contributed by atoms with van der Waals surface area (Å²) in [5, 5.41) is 4.76. The third kappa shape index (κ3) is 3.52. The van der Waals surface area contributed by atoms with Crippen LogP contribution in [-0.4, -0.2) is 32.6 Å². The fraction of sp³-hybridized carbons (Fsp3) is 0.105. The number of carbonyl (C=O) groups excluding carboxylic acids is 1. The van der Waals surface area contributed by atoms with Crippen molar-refractivity contribution < 1.29 is 9.18 Å². The van der Waals surface area contributed by atoms with Crippen LogP contribution < -0.4 is 5.73 Å². The van der Waals surface area contributed by atoms with Gasteiger partial charge < -0.3 is 10.6 Å². The summed E-state index contributed by atoms with van der Waals surface area (Å²) in [6.07, 6.45) is 3.51. The SMILES string of the molecule is CN(Cc1cnn(-c2ccc(F)cc2)c1)C(=O)c1ccc2sc(N)nc2c1. The molecule has 0 aliphatic carbocycles. The van der Waals surface area contributed by atoms with Crippen LogP contribution >= 0.6 is 11.3 Å². The van der Waals surface area contributed by atoms with Gasteiger partial charge in [0.2, 0.25) is 0 Å². The Morgan fingerprint density at radius 2 is 2.04 bits per heavy atom. The molecule has 27 heavy (non-hydrogen) atoms. The molecule has 1 amide bonds. The van der Waals surface area contributed by atoms with Gasteiger partial charge >= 0.3 is 0 Å². The van der Waals surface area contributed by atoms with E-state index < -0.39 is 0 Å². The van der Waals surface area contributed by atoms with Gasteiger partial charge in [0.1, 0.15) is 5.82 Å². The molecule has 0 bridgehead atoms. The Labute approximate surface area is 158 Å². The number of carbonyl (C=O) groups is 1. The number of nitrogens with two attached hydrogens (primary N) is 1. The van der Waals surface area contributed by atoms with Gasteiger partial charge in [0.15, 0.2) is 5.13 Å². The zero-order valence-corrected chi connectivity index (χ0v) is 15.3. The minimum atomic E-state index is -0.296. The fourth-order valence-electron chi connectivity index (χ4n) is 2.82. The van der Waals surface area contributed by atoms with Gasteiger partial charge in [0, 0.05) is 30.9 Å². The summed E-state index contributed by atoms with van der Waals surface area (Å²) in [6.45, 7) is 0.400. The molecule has 0 aliphatic heterocycles. The summed E-state index contributed by atoms with van der Waals surface area (Å²) in [6, 6.07) is 11.5. The fourth-order valence-corrected chi connectivity index (χ4v) is 3.54. The van der Waals surface area contributed by atoms with E-state index in [9.17, 15) is 9.18 Å². The van der Waals surface area contributed by atoms with Crippen molar-refractivity contribution in [2.45, 2.75) is 6.54 Å². The monoisotopic (exact) mass is 381 g/mol. The van der Waals surface area contributed by atoms with E-state index in [0.29, 0.717) is 17.2 Å². The summed E-state index contributed by atoms with van der Waals surface area (Å²) >= 11 is 1.39. The Balaban J connectivity index is 1.50. The van der Waals surface area contributed by atoms with Crippen molar-refractivity contribution in [2.75, 3.05) is 12.8 Å². The van der Waals surface area contributed by atoms with Crippen LogP contribution in [0.25, 0.3) is 15.9 Å². The number of hydrogen-bond acceptors (Lipinski definition) is 5. The topological polar surface area (TPSA) is 77.0 Å². The molecule has 0 radical (unpaired) electrons. The maximum Gasteiger partial charge on any atom is 0.253 e. The first-order valence-corrected chi connectivity index (χ1v) is 9.02. The van der Waals surface area contributed by atoms with E-state index in [1.165, 1.54) is 23.5 Å². The van der Waals surface area contributed by atoms with Gasteiger partial charge in [0.05, 0.1) is 22.1 Å². The van der Waals surface area contributed by atoms with Crippen LogP contribution in [0.3, 0.4) is 0 Å². The molecule has 0 spiro atoms. The molecule has 6 nitrogen and oxygen atoms in total. The number of thiazole rings is 1. The third-order valence-corrected chi connectivity index (χ3v) is 5.01. The van der Waals surface area contributed by atoms with Crippen molar-refractivity contribution in [2.24, 2.45) is 0 Å². The van der Waals surface area contributed by atoms with Crippen LogP contribution in [0, 0.1) is 5.82 Å². The van der Waals surface area contributed by atoms with Crippen LogP contribution in [0.1, 0.15) is 15.9 Å². The summed E-state index contributed by atoms with van der Waals surface area (Å²) in [7, 11) is 1.73. The molecule has 4 aromatic rings. The smallest absolute Gasteiger partial charge is 0.253 e. The van der Waals surface area contributed by atoms with Gasteiger partial charge in [-0.1, -0.05) is 11.3 Å². The average molecular weight is 381 g/mol. The van der Waals surface area contributed by atoms with E-state index in [0.717, 1.165) is 21.5 Å². The highest BCUT2D eigenvalue weighted by Gasteiger charge is 2.15. The third-order valence-electron chi connectivity index (χ3n) is 4.14. The standard InChI is InChI=1S/C19H16FN5OS/c1-24(18(26)13-2-7-17-16(8-13)23-19(21)27-17)10-12-9-22-25(11-12)15-5-3-14(20)4-6-15/h2-9,11H,10H2,1H3,(H2,21,23). The van der Waals surface area contributed by atoms with Gasteiger partial charge in [-0.25, -0.2) is 14.1 Å². The van der Waals surface area contributed by atoms with Gasteiger partial charge in [-0.15, -0.1) is 0 Å². The number of nitrogens with zero attached hydrogens (tertiary/aromatic N) is 4. The normalized spacial score (nSPS) is 11.0. The number of benzene rings is 2. The molecule has 0 fully saturated rings. The van der Waals surface area contributed by atoms with Crippen molar-refractivity contribution in [3.8, 4) is 5.69 Å². The molecule has 0 saturated heterocycles. The lowest BCUT2D eigenvalue weighted by molar-refractivity contribution is 0.0785. The lowest BCUT2D eigenvalue weighted by Crippen LogP contribution is -2.26. The van der Waals surface area contributed by atoms with E-state index in [2.05, 4.69) is 10.1 Å². The molecule has 0 saturated carbocycles. The highest BCUT2D eigenvalue weighted by atomic mass is 32.1. The Kier molecular flexibility index (Phi) is 4.33. The molecule has 2 N–H and O–H groups in total. The van der Waals surface area contributed by atoms with E-state index in [1.807, 2.05) is 12.3 Å². The second-order valence-electron chi connectivity index (χ2n) is 6.17. The number of nitrogen functional groups attached to an aromatic ring is 1. The van der Waals surface area contributed by atoms with Crippen LogP contribution in [0.4, 0.5) is 9.52 Å². The van der Waals surface area contributed by atoms with Crippen molar-refractivity contribution in [1.82, 2.24) is 19.7 Å². The predicted molar refractivity (Wildman–Crippen MR) is 103 cm³/mol. The highest BCUT2D eigenvalue weighted by Crippen LogP contribution is 2.25. The number of halogens is 1. The Morgan fingerprint density at radius 1 is 1.26 bits per heavy atom. The molecule has 136 valence electrons. The summed E-state index contributed by atoms with van der Waals surface area (Å²) in [4.78, 5) is 18.6. The lowest BCUT2D eigenvalue weighted by Gasteiger charge is -2.16. The summed E-state index contributed by atoms with van der Waals surface area (Å²) in [5.74, 6) is -0.409. The first-order valence-electron chi connectivity index (χ1n) is 8.20. The molecule has 2 heterocycles. The Bertz CT molecular complexity index is 1120. The van der Waals surface area contributed by atoms with E-state index in [4.69, 9.17) is 5.73 Å². The molecule has 0 unspecified atom stereocenters. The van der Waals surface area contributed by atoms with Crippen molar-refractivity contribution >= 4 is 32.6 Å². The number of amides is 1. The molecule has 2 aromatic heterocycles. The molecular formula is C19H16FN5OS. The second-order valence-corrected chi connectivity index (χ2v) is 7.23. The lowest BCUT2D eigenvalue weighted by atomic mass is 10.2. The van der Waals surface area contributed by atoms with Crippen LogP contribution in [0.2, 0.25) is 0 Å². The van der Waals surface area contributed by atoms with Gasteiger partial charge in [-0.3, -0.25) is 4.79 Å². The first kappa shape index (κ1) is 17.2. The van der Waals surface area contributed by atoms with E-state index >= 15 is 0 Å². The number of aromatic nitrogens is 3. The van der Waals surface area contributed by atoms with Crippen LogP contribution in [0.5, 0.6) is 0 Å². The molecule has 4 rings (SSSR count). The highest BCUT2D eigenvalue weighted by molar-refractivity contribution is 7.22. The molecular weight excluding hydrogens is 365 g/mol.